The van der Waals surface area contributed by atoms with Gasteiger partial charge < -0.3 is 19.5 Å². The van der Waals surface area contributed by atoms with E-state index in [-0.39, 0.29) is 33.7 Å². The zero-order valence-electron chi connectivity index (χ0n) is 17.2. The van der Waals surface area contributed by atoms with E-state index in [0.29, 0.717) is 11.1 Å². The first-order valence-electron chi connectivity index (χ1n) is 9.46. The van der Waals surface area contributed by atoms with E-state index < -0.39 is 18.0 Å². The van der Waals surface area contributed by atoms with Crippen LogP contribution in [0, 0.1) is 5.82 Å². The lowest BCUT2D eigenvalue weighted by Gasteiger charge is -2.10. The Morgan fingerprint density at radius 3 is 2.41 bits per heavy atom. The number of fused-ring (bicyclic) bond motifs is 1. The monoisotopic (exact) mass is 466 g/mol. The maximum absolute atomic E-state index is 13.5. The number of alkyl halides is 2. The van der Waals surface area contributed by atoms with E-state index in [1.165, 1.54) is 43.6 Å². The number of rotatable bonds is 4. The fourth-order valence-corrected chi connectivity index (χ4v) is 3.12. The zero-order valence-corrected chi connectivity index (χ0v) is 18.0. The quantitative estimate of drug-likeness (QED) is 0.499. The molecule has 0 saturated heterocycles. The van der Waals surface area contributed by atoms with E-state index >= 15 is 0 Å². The third kappa shape index (κ3) is 4.88. The molecule has 0 unspecified atom stereocenters. The number of halogens is 4. The van der Waals surface area contributed by atoms with Gasteiger partial charge in [-0.2, -0.15) is 0 Å². The van der Waals surface area contributed by atoms with Crippen LogP contribution in [-0.2, 0) is 0 Å². The van der Waals surface area contributed by atoms with Crippen LogP contribution < -0.4 is 19.5 Å². The topological polar surface area (TPSA) is 69.7 Å². The van der Waals surface area contributed by atoms with Crippen LogP contribution in [0.25, 0.3) is 11.1 Å². The van der Waals surface area contributed by atoms with Gasteiger partial charge in [-0.3, -0.25) is 4.79 Å². The van der Waals surface area contributed by atoms with Gasteiger partial charge in [-0.1, -0.05) is 25.4 Å². The number of pyridine rings is 1. The Bertz CT molecular complexity index is 1140. The highest BCUT2D eigenvalue weighted by Gasteiger charge is 2.43. The summed E-state index contributed by atoms with van der Waals surface area (Å²) in [5, 5.41) is 2.68. The molecule has 0 atom stereocenters. The molecule has 10 heteroatoms. The second kappa shape index (κ2) is 9.35. The van der Waals surface area contributed by atoms with Gasteiger partial charge in [0.25, 0.3) is 5.91 Å². The van der Waals surface area contributed by atoms with E-state index in [1.807, 2.05) is 13.8 Å². The minimum Gasteiger partial charge on any atom is -0.496 e. The van der Waals surface area contributed by atoms with Gasteiger partial charge in [0, 0.05) is 23.4 Å². The van der Waals surface area contributed by atoms with Gasteiger partial charge >= 0.3 is 6.29 Å². The van der Waals surface area contributed by atoms with Crippen LogP contribution in [0.4, 0.5) is 19.0 Å². The van der Waals surface area contributed by atoms with Gasteiger partial charge in [0.2, 0.25) is 0 Å². The first-order valence-corrected chi connectivity index (χ1v) is 9.84. The van der Waals surface area contributed by atoms with Crippen molar-refractivity contribution in [1.29, 1.82) is 0 Å². The summed E-state index contributed by atoms with van der Waals surface area (Å²) in [5.74, 6) is -1.15. The van der Waals surface area contributed by atoms with Crippen molar-refractivity contribution in [3.8, 4) is 28.4 Å². The fourth-order valence-electron chi connectivity index (χ4n) is 2.86. The number of methoxy groups -OCH3 is 1. The number of benzene rings is 2. The molecule has 1 aliphatic rings. The van der Waals surface area contributed by atoms with Crippen LogP contribution in [0.1, 0.15) is 24.2 Å². The number of carbonyl (C=O) groups is 1. The summed E-state index contributed by atoms with van der Waals surface area (Å²) in [6.45, 7) is 4.00. The highest BCUT2D eigenvalue weighted by molar-refractivity contribution is 6.33. The number of hydrogen-bond donors (Lipinski definition) is 1. The molecule has 0 radical (unpaired) electrons. The molecule has 0 spiro atoms. The molecule has 0 bridgehead atoms. The predicted molar refractivity (Wildman–Crippen MR) is 113 cm³/mol. The van der Waals surface area contributed by atoms with E-state index in [1.54, 1.807) is 6.07 Å². The molecule has 168 valence electrons. The third-order valence-electron chi connectivity index (χ3n) is 4.21. The van der Waals surface area contributed by atoms with Crippen molar-refractivity contribution in [2.75, 3.05) is 12.4 Å². The molecule has 0 fully saturated rings. The molecule has 32 heavy (non-hydrogen) atoms. The molecule has 1 amide bonds. The van der Waals surface area contributed by atoms with E-state index in [2.05, 4.69) is 19.8 Å². The number of ether oxygens (including phenoxy) is 3. The van der Waals surface area contributed by atoms with Gasteiger partial charge in [-0.25, -0.2) is 9.37 Å². The second-order valence-electron chi connectivity index (χ2n) is 6.18. The van der Waals surface area contributed by atoms with Crippen molar-refractivity contribution in [3.05, 3.63) is 65.1 Å². The Kier molecular flexibility index (Phi) is 6.78. The van der Waals surface area contributed by atoms with Crippen LogP contribution in [-0.4, -0.2) is 24.3 Å². The van der Waals surface area contributed by atoms with E-state index in [0.717, 1.165) is 6.07 Å². The maximum atomic E-state index is 13.5. The van der Waals surface area contributed by atoms with Gasteiger partial charge in [0.05, 0.1) is 17.7 Å². The van der Waals surface area contributed by atoms with Crippen LogP contribution in [0.2, 0.25) is 5.02 Å². The Balaban J connectivity index is 0.00000141. The number of anilines is 1. The van der Waals surface area contributed by atoms with Gasteiger partial charge in [0.15, 0.2) is 11.5 Å². The average Bonchev–Trinajstić information content (AvgIpc) is 3.07. The van der Waals surface area contributed by atoms with E-state index in [4.69, 9.17) is 16.3 Å². The van der Waals surface area contributed by atoms with Crippen LogP contribution in [0.5, 0.6) is 17.2 Å². The first kappa shape index (κ1) is 23.2. The molecule has 0 saturated carbocycles. The van der Waals surface area contributed by atoms with E-state index in [9.17, 15) is 18.0 Å². The smallest absolute Gasteiger partial charge is 0.496 e. The van der Waals surface area contributed by atoms with Crippen molar-refractivity contribution in [2.24, 2.45) is 0 Å². The molecule has 1 aromatic heterocycles. The van der Waals surface area contributed by atoms with Crippen molar-refractivity contribution >= 4 is 23.3 Å². The lowest BCUT2D eigenvalue weighted by Crippen LogP contribution is -2.25. The average molecular weight is 467 g/mol. The Hall–Kier alpha value is -3.46. The number of nitrogens with zero attached hydrogens (tertiary/aromatic N) is 1. The Labute approximate surface area is 186 Å². The van der Waals surface area contributed by atoms with Crippen molar-refractivity contribution in [3.63, 3.8) is 0 Å². The SMILES string of the molecule is CC.COc1ccc(F)cc1C(=O)Nc1ccc(-c2cc3c(cc2Cl)OC(F)(F)O3)cn1. The minimum absolute atomic E-state index is 0.00289. The Morgan fingerprint density at radius 2 is 1.78 bits per heavy atom. The molecule has 1 N–H and O–H groups in total. The number of carbonyl (C=O) groups excluding carboxylic acids is 1. The summed E-state index contributed by atoms with van der Waals surface area (Å²) in [7, 11) is 1.36. The standard InChI is InChI=1S/C20H12ClF3N2O4.C2H6/c1-28-15-4-3-11(22)6-13(15)19(27)26-18-5-2-10(9-25-18)12-7-16-17(8-14(12)21)30-20(23,24)29-16;1-2/h2-9H,1H3,(H,25,26,27);1-2H3. The summed E-state index contributed by atoms with van der Waals surface area (Å²) >= 11 is 6.16. The molecule has 2 aromatic carbocycles. The molecule has 4 rings (SSSR count). The van der Waals surface area contributed by atoms with Crippen molar-refractivity contribution in [2.45, 2.75) is 20.1 Å². The number of hydrogen-bond acceptors (Lipinski definition) is 5. The molecule has 1 aliphatic heterocycles. The zero-order chi connectivity index (χ0) is 23.5. The Morgan fingerprint density at radius 1 is 1.09 bits per heavy atom. The highest BCUT2D eigenvalue weighted by Crippen LogP contribution is 2.46. The molecule has 0 aliphatic carbocycles. The molecular formula is C22H18ClF3N2O4. The first-order chi connectivity index (χ1) is 15.3. The van der Waals surface area contributed by atoms with Gasteiger partial charge in [-0.05, 0) is 36.4 Å². The molecule has 2 heterocycles. The number of amides is 1. The predicted octanol–water partition coefficient (Wildman–Crippen LogP) is 6.15. The van der Waals surface area contributed by atoms with Crippen LogP contribution in [0.3, 0.4) is 0 Å². The van der Waals surface area contributed by atoms with Crippen molar-refractivity contribution < 1.29 is 32.2 Å². The highest BCUT2D eigenvalue weighted by atomic mass is 35.5. The van der Waals surface area contributed by atoms with Gasteiger partial charge in [-0.15, -0.1) is 8.78 Å². The van der Waals surface area contributed by atoms with Gasteiger partial charge in [0.1, 0.15) is 17.4 Å². The number of nitrogens with one attached hydrogen (secondary N) is 1. The molecule has 3 aromatic rings. The van der Waals surface area contributed by atoms with Crippen LogP contribution >= 0.6 is 11.6 Å². The fraction of sp³-hybridized carbons (Fsp3) is 0.182. The summed E-state index contributed by atoms with van der Waals surface area (Å²) in [6, 6.07) is 9.15. The van der Waals surface area contributed by atoms with Crippen molar-refractivity contribution in [1.82, 2.24) is 4.98 Å². The summed E-state index contributed by atoms with van der Waals surface area (Å²) < 4.78 is 53.8. The maximum Gasteiger partial charge on any atom is 0.586 e. The van der Waals surface area contributed by atoms with Crippen LogP contribution in [0.15, 0.2) is 48.7 Å². The summed E-state index contributed by atoms with van der Waals surface area (Å²) in [5.41, 5.74) is 0.875. The normalized spacial score (nSPS) is 13.1. The summed E-state index contributed by atoms with van der Waals surface area (Å²) in [4.78, 5) is 16.5. The lowest BCUT2D eigenvalue weighted by atomic mass is 10.1. The molecular weight excluding hydrogens is 449 g/mol. The minimum atomic E-state index is -3.76. The lowest BCUT2D eigenvalue weighted by molar-refractivity contribution is -0.286. The molecule has 6 nitrogen and oxygen atoms in total. The second-order valence-corrected chi connectivity index (χ2v) is 6.58. The summed E-state index contributed by atoms with van der Waals surface area (Å²) in [6.07, 6.45) is -2.37. The third-order valence-corrected chi connectivity index (χ3v) is 4.53. The largest absolute Gasteiger partial charge is 0.586 e. The number of aromatic nitrogens is 1.